The Balaban J connectivity index is 2.14. The minimum atomic E-state index is -4.54. The van der Waals surface area contributed by atoms with Crippen molar-refractivity contribution in [3.8, 4) is 0 Å². The quantitative estimate of drug-likeness (QED) is 0.526. The van der Waals surface area contributed by atoms with Crippen LogP contribution in [0.5, 0.6) is 0 Å². The number of sulfonamides is 1. The summed E-state index contributed by atoms with van der Waals surface area (Å²) in [4.78, 5) is 41.4. The highest BCUT2D eigenvalue weighted by Gasteiger charge is 2.53. The molecule has 1 fully saturated rings. The summed E-state index contributed by atoms with van der Waals surface area (Å²) in [5.74, 6) is -1.44. The number of hydrogen-bond acceptors (Lipinski definition) is 7. The number of rotatable bonds is 5. The molecule has 0 radical (unpaired) electrons. The van der Waals surface area contributed by atoms with Gasteiger partial charge >= 0.3 is 12.1 Å². The van der Waals surface area contributed by atoms with Crippen molar-refractivity contribution in [3.05, 3.63) is 60.2 Å². The molecule has 0 aromatic heterocycles. The maximum absolute atomic E-state index is 13.8. The molecule has 0 spiro atoms. The number of nitrogens with zero attached hydrogens (tertiary/aromatic N) is 2. The van der Waals surface area contributed by atoms with Gasteiger partial charge < -0.3 is 9.47 Å². The molecule has 200 valence electrons. The van der Waals surface area contributed by atoms with E-state index >= 15 is 0 Å². The van der Waals surface area contributed by atoms with Gasteiger partial charge in [-0.2, -0.15) is 4.31 Å². The Hall–Kier alpha value is -3.40. The number of aryl methyl sites for hydroxylation is 1. The van der Waals surface area contributed by atoms with Crippen LogP contribution < -0.4 is 4.90 Å². The minimum Gasteiger partial charge on any atom is -0.458 e. The number of benzene rings is 2. The molecule has 2 atom stereocenters. The predicted molar refractivity (Wildman–Crippen MR) is 138 cm³/mol. The zero-order valence-corrected chi connectivity index (χ0v) is 23.0. The van der Waals surface area contributed by atoms with Crippen LogP contribution in [-0.2, 0) is 29.1 Å². The van der Waals surface area contributed by atoms with Crippen LogP contribution >= 0.6 is 0 Å². The largest absolute Gasteiger partial charge is 0.458 e. The molecule has 0 saturated carbocycles. The smallest absolute Gasteiger partial charge is 0.425 e. The van der Waals surface area contributed by atoms with Crippen molar-refractivity contribution in [1.29, 1.82) is 0 Å². The third kappa shape index (κ3) is 6.49. The van der Waals surface area contributed by atoms with Crippen molar-refractivity contribution in [2.45, 2.75) is 83.1 Å². The molecule has 0 N–H and O–H groups in total. The second-order valence-corrected chi connectivity index (χ2v) is 12.8. The Labute approximate surface area is 218 Å². The van der Waals surface area contributed by atoms with Gasteiger partial charge in [-0.05, 0) is 72.7 Å². The van der Waals surface area contributed by atoms with Gasteiger partial charge in [0.25, 0.3) is 15.9 Å². The average Bonchev–Trinajstić information content (AvgIpc) is 3.09. The number of ether oxygens (including phenoxy) is 2. The van der Waals surface area contributed by atoms with Crippen molar-refractivity contribution in [1.82, 2.24) is 4.31 Å². The molecule has 2 aromatic carbocycles. The van der Waals surface area contributed by atoms with Gasteiger partial charge in [0.1, 0.15) is 23.3 Å². The van der Waals surface area contributed by atoms with Crippen molar-refractivity contribution < 1.29 is 32.3 Å². The monoisotopic (exact) mass is 530 g/mol. The Morgan fingerprint density at radius 3 is 1.95 bits per heavy atom. The lowest BCUT2D eigenvalue weighted by molar-refractivity contribution is -0.156. The topological polar surface area (TPSA) is 110 Å². The minimum absolute atomic E-state index is 0.177. The predicted octanol–water partition coefficient (Wildman–Crippen LogP) is 4.44. The Kier molecular flexibility index (Phi) is 7.74. The SMILES string of the molecule is Cc1ccc(S(=O)(=O)N(C(=O)OC(C)(C)C)[C@H]2C[C@@H](C(=O)OC(C)(C)C)N(c3ccccc3)C2=O)cc1. The number of para-hydroxylation sites is 1. The second kappa shape index (κ2) is 10.2. The molecule has 3 rings (SSSR count). The molecular formula is C27H34N2O7S. The summed E-state index contributed by atoms with van der Waals surface area (Å²) in [5.41, 5.74) is -0.689. The first-order chi connectivity index (χ1) is 17.0. The van der Waals surface area contributed by atoms with E-state index in [4.69, 9.17) is 9.47 Å². The maximum atomic E-state index is 13.8. The fraction of sp³-hybridized carbons (Fsp3) is 0.444. The summed E-state index contributed by atoms with van der Waals surface area (Å²) < 4.78 is 39.0. The highest BCUT2D eigenvalue weighted by Crippen LogP contribution is 2.34. The van der Waals surface area contributed by atoms with Crippen molar-refractivity contribution >= 4 is 33.7 Å². The molecule has 1 aliphatic heterocycles. The van der Waals surface area contributed by atoms with Gasteiger partial charge in [-0.15, -0.1) is 0 Å². The zero-order valence-electron chi connectivity index (χ0n) is 22.2. The molecule has 10 heteroatoms. The first-order valence-corrected chi connectivity index (χ1v) is 13.4. The Morgan fingerprint density at radius 2 is 1.43 bits per heavy atom. The normalized spacial score (nSPS) is 18.5. The molecule has 9 nitrogen and oxygen atoms in total. The first-order valence-electron chi connectivity index (χ1n) is 12.0. The van der Waals surface area contributed by atoms with E-state index in [1.165, 1.54) is 17.0 Å². The van der Waals surface area contributed by atoms with E-state index in [0.29, 0.717) is 9.99 Å². The van der Waals surface area contributed by atoms with Gasteiger partial charge in [0.2, 0.25) is 0 Å². The molecule has 1 saturated heterocycles. The van der Waals surface area contributed by atoms with E-state index in [-0.39, 0.29) is 11.3 Å². The molecular weight excluding hydrogens is 496 g/mol. The molecule has 2 amide bonds. The van der Waals surface area contributed by atoms with Crippen LogP contribution in [0.2, 0.25) is 0 Å². The number of hydrogen-bond donors (Lipinski definition) is 0. The van der Waals surface area contributed by atoms with Gasteiger partial charge in [0, 0.05) is 12.1 Å². The molecule has 1 aliphatic rings. The number of amides is 2. The van der Waals surface area contributed by atoms with Gasteiger partial charge in [0.15, 0.2) is 0 Å². The molecule has 2 aromatic rings. The summed E-state index contributed by atoms with van der Waals surface area (Å²) >= 11 is 0. The Bertz CT molecular complexity index is 1260. The lowest BCUT2D eigenvalue weighted by Crippen LogP contribution is -2.50. The summed E-state index contributed by atoms with van der Waals surface area (Å²) in [6.45, 7) is 11.7. The van der Waals surface area contributed by atoms with Crippen molar-refractivity contribution in [3.63, 3.8) is 0 Å². The van der Waals surface area contributed by atoms with E-state index < -0.39 is 51.3 Å². The van der Waals surface area contributed by atoms with E-state index in [1.54, 1.807) is 90.9 Å². The van der Waals surface area contributed by atoms with Crippen LogP contribution in [0.25, 0.3) is 0 Å². The molecule has 37 heavy (non-hydrogen) atoms. The van der Waals surface area contributed by atoms with Gasteiger partial charge in [0.05, 0.1) is 4.90 Å². The third-order valence-electron chi connectivity index (χ3n) is 5.43. The van der Waals surface area contributed by atoms with Crippen molar-refractivity contribution in [2.24, 2.45) is 0 Å². The molecule has 0 unspecified atom stereocenters. The van der Waals surface area contributed by atoms with E-state index in [1.807, 2.05) is 0 Å². The second-order valence-electron chi connectivity index (χ2n) is 10.9. The highest BCUT2D eigenvalue weighted by molar-refractivity contribution is 7.89. The van der Waals surface area contributed by atoms with Gasteiger partial charge in [-0.25, -0.2) is 18.0 Å². The summed E-state index contributed by atoms with van der Waals surface area (Å²) in [6.07, 6.45) is -1.50. The van der Waals surface area contributed by atoms with E-state index in [0.717, 1.165) is 5.56 Å². The van der Waals surface area contributed by atoms with Crippen LogP contribution in [-0.4, -0.2) is 54.0 Å². The standard InChI is InChI=1S/C27H34N2O7S/c1-18-13-15-20(16-14-18)37(33,34)29(25(32)36-27(5,6)7)21-17-22(24(31)35-26(2,3)4)28(23(21)30)19-11-9-8-10-12-19/h8-16,21-22H,17H2,1-7H3/t21-,22-/m0/s1. The van der Waals surface area contributed by atoms with Gasteiger partial charge in [-0.3, -0.25) is 9.69 Å². The average molecular weight is 531 g/mol. The van der Waals surface area contributed by atoms with Crippen molar-refractivity contribution in [2.75, 3.05) is 4.90 Å². The summed E-state index contributed by atoms with van der Waals surface area (Å²) in [5, 5.41) is 0. The Morgan fingerprint density at radius 1 is 0.892 bits per heavy atom. The molecule has 0 bridgehead atoms. The lowest BCUT2D eigenvalue weighted by Gasteiger charge is -2.30. The third-order valence-corrected chi connectivity index (χ3v) is 7.22. The number of esters is 1. The lowest BCUT2D eigenvalue weighted by atomic mass is 10.1. The van der Waals surface area contributed by atoms with Crippen LogP contribution in [0.15, 0.2) is 59.5 Å². The highest BCUT2D eigenvalue weighted by atomic mass is 32.2. The first kappa shape index (κ1) is 28.2. The van der Waals surface area contributed by atoms with Crippen LogP contribution in [0.1, 0.15) is 53.5 Å². The zero-order chi connectivity index (χ0) is 27.8. The summed E-state index contributed by atoms with van der Waals surface area (Å²) in [6, 6.07) is 11.6. The van der Waals surface area contributed by atoms with Crippen LogP contribution in [0.3, 0.4) is 0 Å². The number of carbonyl (C=O) groups excluding carboxylic acids is 3. The molecule has 1 heterocycles. The number of carbonyl (C=O) groups is 3. The summed E-state index contributed by atoms with van der Waals surface area (Å²) in [7, 11) is -4.54. The van der Waals surface area contributed by atoms with Crippen LogP contribution in [0, 0.1) is 6.92 Å². The van der Waals surface area contributed by atoms with E-state index in [9.17, 15) is 22.8 Å². The number of anilines is 1. The van der Waals surface area contributed by atoms with E-state index in [2.05, 4.69) is 0 Å². The fourth-order valence-corrected chi connectivity index (χ4v) is 5.37. The maximum Gasteiger partial charge on any atom is 0.425 e. The van der Waals surface area contributed by atoms with Crippen LogP contribution in [0.4, 0.5) is 10.5 Å². The van der Waals surface area contributed by atoms with Gasteiger partial charge in [-0.1, -0.05) is 35.9 Å². The molecule has 0 aliphatic carbocycles. The fourth-order valence-electron chi connectivity index (χ4n) is 3.92.